The van der Waals surface area contributed by atoms with Crippen LogP contribution in [-0.4, -0.2) is 43.4 Å². The molecular weight excluding hydrogens is 136 g/mol. The van der Waals surface area contributed by atoms with Crippen molar-refractivity contribution in [3.63, 3.8) is 0 Å². The van der Waals surface area contributed by atoms with Crippen LogP contribution in [0.25, 0.3) is 0 Å². The Balaban J connectivity index is 0. The highest BCUT2D eigenvalue weighted by atomic mass is 16.5. The molecule has 0 aliphatic carbocycles. The van der Waals surface area contributed by atoms with Crippen molar-refractivity contribution in [1.82, 2.24) is 0 Å². The molecule has 0 rings (SSSR count). The predicted octanol–water partition coefficient (Wildman–Crippen LogP) is -0.780. The summed E-state index contributed by atoms with van der Waals surface area (Å²) in [6.45, 7) is -0.278. The highest BCUT2D eigenvalue weighted by Crippen LogP contribution is 1.77. The number of carboxylic acid groups (broad SMARTS) is 1. The lowest BCUT2D eigenvalue weighted by Gasteiger charge is -2.27. The van der Waals surface area contributed by atoms with E-state index in [2.05, 4.69) is 5.73 Å². The average molecular weight is 150 g/mol. The third-order valence-electron chi connectivity index (χ3n) is 0.175. The maximum atomic E-state index is 10.0. The lowest BCUT2D eigenvalue weighted by Crippen LogP contribution is -2.25. The molecule has 0 aromatic rings. The Morgan fingerprint density at radius 3 is 1.70 bits per heavy atom. The fraction of sp³-hybridized carbons (Fsp3) is 0.800. The van der Waals surface area contributed by atoms with E-state index in [0.29, 0.717) is 0 Å². The Hall–Kier alpha value is -0.650. The van der Waals surface area contributed by atoms with Crippen molar-refractivity contribution >= 4 is 5.97 Å². The Bertz CT molecular complexity index is 91.6. The molecule has 0 fully saturated rings. The Morgan fingerprint density at radius 2 is 1.70 bits per heavy atom. The third-order valence-corrected chi connectivity index (χ3v) is 0.175. The number of hydroxylamine groups is 3. The summed E-state index contributed by atoms with van der Waals surface area (Å²) in [6, 6.07) is 0. The summed E-state index contributed by atoms with van der Waals surface area (Å²) in [4.78, 5) is 9.24. The molecule has 0 bridgehead atoms. The number of nitrogens with two attached hydrogens (primary N) is 1. The van der Waals surface area contributed by atoms with Crippen LogP contribution in [0.3, 0.4) is 0 Å². The van der Waals surface area contributed by atoms with Gasteiger partial charge < -0.3 is 20.7 Å². The number of carboxylic acids is 1. The van der Waals surface area contributed by atoms with Crippen LogP contribution >= 0.6 is 0 Å². The van der Waals surface area contributed by atoms with Crippen molar-refractivity contribution in [2.75, 3.05) is 27.7 Å². The van der Waals surface area contributed by atoms with Crippen LogP contribution in [0.1, 0.15) is 0 Å². The van der Waals surface area contributed by atoms with Gasteiger partial charge in [-0.1, -0.05) is 0 Å². The van der Waals surface area contributed by atoms with Crippen molar-refractivity contribution < 1.29 is 14.5 Å². The zero-order chi connectivity index (χ0) is 8.78. The van der Waals surface area contributed by atoms with E-state index in [1.165, 1.54) is 0 Å². The smallest absolute Gasteiger partial charge is 0.317 e. The molecule has 0 saturated heterocycles. The molecule has 0 heterocycles. The zero-order valence-electron chi connectivity index (χ0n) is 6.50. The monoisotopic (exact) mass is 150 g/mol. The maximum absolute atomic E-state index is 10.0. The third kappa shape index (κ3) is 163. The topological polar surface area (TPSA) is 86.4 Å². The predicted molar refractivity (Wildman–Crippen MR) is 38.1 cm³/mol. The fourth-order valence-electron chi connectivity index (χ4n) is 0. The molecule has 0 spiro atoms. The first-order valence-electron chi connectivity index (χ1n) is 2.71. The molecule has 0 saturated carbocycles. The van der Waals surface area contributed by atoms with E-state index in [-0.39, 0.29) is 11.2 Å². The number of carbonyl (C=O) groups is 1. The van der Waals surface area contributed by atoms with E-state index in [1.54, 1.807) is 21.1 Å². The van der Waals surface area contributed by atoms with Gasteiger partial charge in [0, 0.05) is 0 Å². The van der Waals surface area contributed by atoms with Crippen molar-refractivity contribution in [2.24, 2.45) is 5.73 Å². The summed E-state index contributed by atoms with van der Waals surface area (Å²) in [5.41, 5.74) is 4.57. The highest BCUT2D eigenvalue weighted by molar-refractivity contribution is 5.68. The van der Waals surface area contributed by atoms with Gasteiger partial charge in [-0.25, -0.2) is 0 Å². The van der Waals surface area contributed by atoms with Crippen LogP contribution < -0.4 is 5.73 Å². The summed E-state index contributed by atoms with van der Waals surface area (Å²) in [6.07, 6.45) is 0. The Labute approximate surface area is 60.2 Å². The molecule has 3 N–H and O–H groups in total. The van der Waals surface area contributed by atoms with Crippen molar-refractivity contribution in [1.29, 1.82) is 0 Å². The number of hydrogen-bond donors (Lipinski definition) is 2. The van der Waals surface area contributed by atoms with Crippen LogP contribution in [0.4, 0.5) is 0 Å². The standard InChI is InChI=1S/C3H9NO.C2H5NO2/c1-4(2,3)5;3-1-2(4)5/h1-3H3;1,3H2,(H,4,5). The van der Waals surface area contributed by atoms with Crippen molar-refractivity contribution in [3.8, 4) is 0 Å². The second-order valence-corrected chi connectivity index (χ2v) is 2.49. The van der Waals surface area contributed by atoms with Gasteiger partial charge in [0.2, 0.25) is 0 Å². The van der Waals surface area contributed by atoms with Gasteiger partial charge in [0.1, 0.15) is 0 Å². The van der Waals surface area contributed by atoms with Gasteiger partial charge in [0.15, 0.2) is 0 Å². The van der Waals surface area contributed by atoms with Gasteiger partial charge in [0.25, 0.3) is 0 Å². The Kier molecular flexibility index (Phi) is 6.23. The second-order valence-electron chi connectivity index (χ2n) is 2.49. The van der Waals surface area contributed by atoms with Crippen molar-refractivity contribution in [3.05, 3.63) is 5.21 Å². The van der Waals surface area contributed by atoms with Gasteiger partial charge in [-0.15, -0.1) is 0 Å². The molecule has 0 unspecified atom stereocenters. The van der Waals surface area contributed by atoms with Gasteiger partial charge in [-0.2, -0.15) is 0 Å². The van der Waals surface area contributed by atoms with Crippen LogP contribution in [0.5, 0.6) is 0 Å². The van der Waals surface area contributed by atoms with Crippen LogP contribution in [0, 0.1) is 5.21 Å². The molecule has 5 heteroatoms. The molecule has 0 aromatic heterocycles. The van der Waals surface area contributed by atoms with E-state index < -0.39 is 5.97 Å². The normalized spacial score (nSPS) is 9.70. The molecule has 62 valence electrons. The zero-order valence-corrected chi connectivity index (χ0v) is 6.50. The van der Waals surface area contributed by atoms with E-state index in [4.69, 9.17) is 5.11 Å². The summed E-state index contributed by atoms with van der Waals surface area (Å²) in [7, 11) is 4.71. The second kappa shape index (κ2) is 5.16. The molecule has 0 aromatic carbocycles. The van der Waals surface area contributed by atoms with Gasteiger partial charge in [-0.05, 0) is 0 Å². The quantitative estimate of drug-likeness (QED) is 0.379. The summed E-state index contributed by atoms with van der Waals surface area (Å²) in [5, 5.41) is 17.6. The van der Waals surface area contributed by atoms with E-state index >= 15 is 0 Å². The first kappa shape index (κ1) is 12.1. The van der Waals surface area contributed by atoms with Crippen molar-refractivity contribution in [2.45, 2.75) is 0 Å². The molecule has 0 aliphatic rings. The molecular formula is C5H14N2O3. The molecule has 5 nitrogen and oxygen atoms in total. The maximum Gasteiger partial charge on any atom is 0.317 e. The van der Waals surface area contributed by atoms with E-state index in [9.17, 15) is 10.0 Å². The summed E-state index contributed by atoms with van der Waals surface area (Å²) in [5.74, 6) is -0.968. The fourth-order valence-corrected chi connectivity index (χ4v) is 0. The number of aliphatic carboxylic acids is 1. The largest absolute Gasteiger partial charge is 0.633 e. The highest BCUT2D eigenvalue weighted by Gasteiger charge is 1.81. The molecule has 10 heavy (non-hydrogen) atoms. The van der Waals surface area contributed by atoms with Crippen LogP contribution in [0.15, 0.2) is 0 Å². The molecule has 0 aliphatic heterocycles. The SMILES string of the molecule is C[N+](C)(C)[O-].NCC(=O)O. The average Bonchev–Trinajstić information content (AvgIpc) is 1.61. The molecule has 0 amide bonds. The van der Waals surface area contributed by atoms with E-state index in [1.807, 2.05) is 0 Å². The minimum atomic E-state index is -0.968. The molecule has 0 radical (unpaired) electrons. The summed E-state index contributed by atoms with van der Waals surface area (Å²) < 4.78 is -0.250. The number of hydrogen-bond acceptors (Lipinski definition) is 3. The lowest BCUT2D eigenvalue weighted by atomic mass is 10.7. The first-order chi connectivity index (χ1) is 4.27. The number of rotatable bonds is 1. The van der Waals surface area contributed by atoms with Gasteiger partial charge in [-0.3, -0.25) is 4.79 Å². The first-order valence-corrected chi connectivity index (χ1v) is 2.71. The number of nitrogens with zero attached hydrogens (tertiary/aromatic N) is 1. The minimum Gasteiger partial charge on any atom is -0.633 e. The Morgan fingerprint density at radius 1 is 1.60 bits per heavy atom. The lowest BCUT2D eigenvalue weighted by molar-refractivity contribution is -0.818. The van der Waals surface area contributed by atoms with Gasteiger partial charge >= 0.3 is 5.97 Å². The van der Waals surface area contributed by atoms with Crippen LogP contribution in [-0.2, 0) is 4.79 Å². The minimum absolute atomic E-state index is 0.250. The number of quaternary nitrogens is 1. The molecule has 0 atom stereocenters. The van der Waals surface area contributed by atoms with Crippen LogP contribution in [0.2, 0.25) is 0 Å². The van der Waals surface area contributed by atoms with Gasteiger partial charge in [0.05, 0.1) is 27.7 Å². The van der Waals surface area contributed by atoms with E-state index in [0.717, 1.165) is 0 Å². The summed E-state index contributed by atoms with van der Waals surface area (Å²) >= 11 is 0.